The van der Waals surface area contributed by atoms with Gasteiger partial charge in [-0.2, -0.15) is 5.26 Å². The van der Waals surface area contributed by atoms with E-state index in [9.17, 15) is 0 Å². The highest BCUT2D eigenvalue weighted by molar-refractivity contribution is 5.36. The highest BCUT2D eigenvalue weighted by Crippen LogP contribution is 2.14. The summed E-state index contributed by atoms with van der Waals surface area (Å²) in [6, 6.07) is 12.1. The molecule has 3 heteroatoms. The fourth-order valence-electron chi connectivity index (χ4n) is 1.89. The van der Waals surface area contributed by atoms with Crippen molar-refractivity contribution in [1.29, 1.82) is 5.26 Å². The number of aryl methyl sites for hydroxylation is 3. The van der Waals surface area contributed by atoms with Gasteiger partial charge >= 0.3 is 0 Å². The topological polar surface area (TPSA) is 45.9 Å². The van der Waals surface area contributed by atoms with E-state index in [-0.39, 0.29) is 0 Å². The minimum Gasteiger partial charge on any atom is -0.497 e. The lowest BCUT2D eigenvalue weighted by atomic mass is 10.1. The van der Waals surface area contributed by atoms with Gasteiger partial charge in [0.05, 0.1) is 18.7 Å². The van der Waals surface area contributed by atoms with Gasteiger partial charge in [-0.3, -0.25) is 4.98 Å². The van der Waals surface area contributed by atoms with Gasteiger partial charge in [0.25, 0.3) is 0 Å². The van der Waals surface area contributed by atoms with Gasteiger partial charge in [0.1, 0.15) is 5.75 Å². The number of ether oxygens (including phenoxy) is 1. The lowest BCUT2D eigenvalue weighted by molar-refractivity contribution is 0.414. The number of hydrogen-bond acceptors (Lipinski definition) is 3. The summed E-state index contributed by atoms with van der Waals surface area (Å²) in [6.07, 6.45) is 3.51. The highest BCUT2D eigenvalue weighted by atomic mass is 16.5. The molecule has 0 unspecified atom stereocenters. The molecule has 0 spiro atoms. The number of pyridine rings is 1. The molecule has 0 saturated carbocycles. The molecule has 0 aliphatic rings. The standard InChI is InChI=1S/C16H16N2O/c1-12-11-18-15(9-14(12)10-17)6-3-13-4-7-16(19-2)8-5-13/h4-5,7-9,11H,3,6H2,1-2H3. The van der Waals surface area contributed by atoms with Gasteiger partial charge in [-0.05, 0) is 49.1 Å². The van der Waals surface area contributed by atoms with Crippen molar-refractivity contribution < 1.29 is 4.74 Å². The van der Waals surface area contributed by atoms with Crippen LogP contribution in [-0.4, -0.2) is 12.1 Å². The van der Waals surface area contributed by atoms with Crippen LogP contribution in [0.4, 0.5) is 0 Å². The van der Waals surface area contributed by atoms with Crippen LogP contribution in [0.2, 0.25) is 0 Å². The first-order chi connectivity index (χ1) is 9.22. The molecule has 19 heavy (non-hydrogen) atoms. The largest absolute Gasteiger partial charge is 0.497 e. The minimum atomic E-state index is 0.708. The van der Waals surface area contributed by atoms with Crippen molar-refractivity contribution in [3.63, 3.8) is 0 Å². The van der Waals surface area contributed by atoms with Crippen LogP contribution in [0.25, 0.3) is 0 Å². The van der Waals surface area contributed by atoms with Crippen LogP contribution in [0.1, 0.15) is 22.4 Å². The monoisotopic (exact) mass is 252 g/mol. The Labute approximate surface area is 113 Å². The molecule has 2 aromatic rings. The second-order valence-corrected chi connectivity index (χ2v) is 4.45. The molecule has 0 aliphatic heterocycles. The molecule has 3 nitrogen and oxygen atoms in total. The molecular formula is C16H16N2O. The Morgan fingerprint density at radius 3 is 2.58 bits per heavy atom. The van der Waals surface area contributed by atoms with E-state index in [0.29, 0.717) is 5.56 Å². The zero-order valence-corrected chi connectivity index (χ0v) is 11.2. The van der Waals surface area contributed by atoms with Crippen molar-refractivity contribution >= 4 is 0 Å². The highest BCUT2D eigenvalue weighted by Gasteiger charge is 2.02. The summed E-state index contributed by atoms with van der Waals surface area (Å²) in [5.74, 6) is 0.865. The third-order valence-corrected chi connectivity index (χ3v) is 3.11. The van der Waals surface area contributed by atoms with Crippen molar-refractivity contribution in [2.45, 2.75) is 19.8 Å². The molecule has 1 heterocycles. The number of benzene rings is 1. The van der Waals surface area contributed by atoms with Crippen LogP contribution in [0.5, 0.6) is 5.75 Å². The number of hydrogen-bond donors (Lipinski definition) is 0. The molecule has 0 N–H and O–H groups in total. The third kappa shape index (κ3) is 3.32. The van der Waals surface area contributed by atoms with Gasteiger partial charge in [0.15, 0.2) is 0 Å². The summed E-state index contributed by atoms with van der Waals surface area (Å²) < 4.78 is 5.13. The van der Waals surface area contributed by atoms with Gasteiger partial charge in [0, 0.05) is 11.9 Å². The van der Waals surface area contributed by atoms with Crippen molar-refractivity contribution in [2.75, 3.05) is 7.11 Å². The summed E-state index contributed by atoms with van der Waals surface area (Å²) in [6.45, 7) is 1.90. The number of aromatic nitrogens is 1. The molecule has 1 aromatic carbocycles. The summed E-state index contributed by atoms with van der Waals surface area (Å²) in [7, 11) is 1.66. The van der Waals surface area contributed by atoms with Crippen LogP contribution in [0.3, 0.4) is 0 Å². The van der Waals surface area contributed by atoms with Crippen LogP contribution in [-0.2, 0) is 12.8 Å². The smallest absolute Gasteiger partial charge is 0.118 e. The Morgan fingerprint density at radius 1 is 1.21 bits per heavy atom. The molecule has 0 aliphatic carbocycles. The molecule has 1 aromatic heterocycles. The average Bonchev–Trinajstić information content (AvgIpc) is 2.47. The lowest BCUT2D eigenvalue weighted by Gasteiger charge is -2.05. The molecule has 96 valence electrons. The van der Waals surface area contributed by atoms with Crippen LogP contribution in [0, 0.1) is 18.3 Å². The SMILES string of the molecule is COc1ccc(CCc2cc(C#N)c(C)cn2)cc1. The van der Waals surface area contributed by atoms with Crippen molar-refractivity contribution in [2.24, 2.45) is 0 Å². The normalized spacial score (nSPS) is 9.95. The molecule has 0 saturated heterocycles. The molecular weight excluding hydrogens is 236 g/mol. The maximum absolute atomic E-state index is 8.99. The first kappa shape index (κ1) is 13.1. The Kier molecular flexibility index (Phi) is 4.15. The van der Waals surface area contributed by atoms with Gasteiger partial charge < -0.3 is 4.74 Å². The van der Waals surface area contributed by atoms with E-state index in [2.05, 4.69) is 23.2 Å². The van der Waals surface area contributed by atoms with Crippen molar-refractivity contribution in [3.8, 4) is 11.8 Å². The fraction of sp³-hybridized carbons (Fsp3) is 0.250. The maximum atomic E-state index is 8.99. The summed E-state index contributed by atoms with van der Waals surface area (Å²) in [4.78, 5) is 4.36. The van der Waals surface area contributed by atoms with E-state index in [1.165, 1.54) is 5.56 Å². The van der Waals surface area contributed by atoms with E-state index in [0.717, 1.165) is 29.8 Å². The fourth-order valence-corrected chi connectivity index (χ4v) is 1.89. The summed E-state index contributed by atoms with van der Waals surface area (Å²) in [5.41, 5.74) is 3.83. The van der Waals surface area contributed by atoms with Gasteiger partial charge in [0.2, 0.25) is 0 Å². The van der Waals surface area contributed by atoms with Crippen LogP contribution < -0.4 is 4.74 Å². The zero-order valence-electron chi connectivity index (χ0n) is 11.2. The quantitative estimate of drug-likeness (QED) is 0.840. The number of nitriles is 1. The van der Waals surface area contributed by atoms with Gasteiger partial charge in [-0.15, -0.1) is 0 Å². The number of methoxy groups -OCH3 is 1. The Bertz CT molecular complexity index is 597. The molecule has 0 bridgehead atoms. The van der Waals surface area contributed by atoms with E-state index in [1.54, 1.807) is 13.3 Å². The van der Waals surface area contributed by atoms with Gasteiger partial charge in [-0.1, -0.05) is 12.1 Å². The average molecular weight is 252 g/mol. The van der Waals surface area contributed by atoms with Gasteiger partial charge in [-0.25, -0.2) is 0 Å². The minimum absolute atomic E-state index is 0.708. The second kappa shape index (κ2) is 6.01. The second-order valence-electron chi connectivity index (χ2n) is 4.45. The van der Waals surface area contributed by atoms with Crippen molar-refractivity contribution in [1.82, 2.24) is 4.98 Å². The molecule has 2 rings (SSSR count). The Balaban J connectivity index is 2.04. The zero-order chi connectivity index (χ0) is 13.7. The van der Waals surface area contributed by atoms with Crippen molar-refractivity contribution in [3.05, 3.63) is 58.9 Å². The number of rotatable bonds is 4. The van der Waals surface area contributed by atoms with E-state index in [1.807, 2.05) is 25.1 Å². The maximum Gasteiger partial charge on any atom is 0.118 e. The predicted molar refractivity (Wildman–Crippen MR) is 74.1 cm³/mol. The predicted octanol–water partition coefficient (Wildman–Crippen LogP) is 3.06. The van der Waals surface area contributed by atoms with E-state index < -0.39 is 0 Å². The molecule has 0 amide bonds. The van der Waals surface area contributed by atoms with Crippen LogP contribution >= 0.6 is 0 Å². The summed E-state index contributed by atoms with van der Waals surface area (Å²) >= 11 is 0. The summed E-state index contributed by atoms with van der Waals surface area (Å²) in [5, 5.41) is 8.99. The lowest BCUT2D eigenvalue weighted by Crippen LogP contribution is -1.97. The van der Waals surface area contributed by atoms with E-state index >= 15 is 0 Å². The number of nitrogens with zero attached hydrogens (tertiary/aromatic N) is 2. The Hall–Kier alpha value is -2.34. The molecule has 0 fully saturated rings. The molecule has 0 radical (unpaired) electrons. The van der Waals surface area contributed by atoms with Crippen LogP contribution in [0.15, 0.2) is 36.5 Å². The van der Waals surface area contributed by atoms with E-state index in [4.69, 9.17) is 10.00 Å². The Morgan fingerprint density at radius 2 is 1.95 bits per heavy atom. The third-order valence-electron chi connectivity index (χ3n) is 3.11. The first-order valence-corrected chi connectivity index (χ1v) is 6.21. The first-order valence-electron chi connectivity index (χ1n) is 6.21. The molecule has 0 atom stereocenters.